The van der Waals surface area contributed by atoms with E-state index in [1.54, 1.807) is 6.92 Å². The van der Waals surface area contributed by atoms with Gasteiger partial charge in [-0.25, -0.2) is 4.79 Å². The summed E-state index contributed by atoms with van der Waals surface area (Å²) in [5, 5.41) is 18.0. The van der Waals surface area contributed by atoms with Crippen LogP contribution in [0.25, 0.3) is 0 Å². The highest BCUT2D eigenvalue weighted by Gasteiger charge is 2.17. The fraction of sp³-hybridized carbons (Fsp3) is 0.200. The topological polar surface area (TPSA) is 70.3 Å². The number of carbonyl (C=O) groups excluding carboxylic acids is 1. The number of aromatic hydroxyl groups is 1. The highest BCUT2D eigenvalue weighted by Crippen LogP contribution is 2.26. The fourth-order valence-electron chi connectivity index (χ4n) is 1.09. The van der Waals surface area contributed by atoms with Gasteiger partial charge in [0.15, 0.2) is 0 Å². The van der Waals surface area contributed by atoms with Crippen molar-refractivity contribution in [2.45, 2.75) is 6.92 Å². The van der Waals surface area contributed by atoms with Gasteiger partial charge in [0.05, 0.1) is 17.7 Å². The molecule has 0 spiro atoms. The minimum Gasteiger partial charge on any atom is -0.508 e. The number of ether oxygens (including phenoxy) is 1. The van der Waals surface area contributed by atoms with Crippen LogP contribution in [0.2, 0.25) is 0 Å². The van der Waals surface area contributed by atoms with Crippen LogP contribution in [-0.2, 0) is 4.74 Å². The Labute approximate surface area is 95.2 Å². The first kappa shape index (κ1) is 11.5. The molecule has 0 fully saturated rings. The van der Waals surface area contributed by atoms with E-state index in [1.165, 1.54) is 12.1 Å². The Kier molecular flexibility index (Phi) is 3.69. The molecule has 1 aromatic carbocycles. The van der Waals surface area contributed by atoms with E-state index in [1.807, 2.05) is 6.07 Å². The van der Waals surface area contributed by atoms with Crippen molar-refractivity contribution in [3.63, 3.8) is 0 Å². The lowest BCUT2D eigenvalue weighted by Gasteiger charge is -2.06. The van der Waals surface area contributed by atoms with Crippen molar-refractivity contribution < 1.29 is 14.6 Å². The molecule has 1 N–H and O–H groups in total. The largest absolute Gasteiger partial charge is 0.508 e. The van der Waals surface area contributed by atoms with E-state index in [0.29, 0.717) is 4.47 Å². The molecule has 0 saturated heterocycles. The molecular weight excluding hydrogens is 262 g/mol. The second kappa shape index (κ2) is 4.80. The van der Waals surface area contributed by atoms with Crippen molar-refractivity contribution >= 4 is 21.9 Å². The van der Waals surface area contributed by atoms with Gasteiger partial charge in [0.1, 0.15) is 11.8 Å². The van der Waals surface area contributed by atoms with E-state index >= 15 is 0 Å². The van der Waals surface area contributed by atoms with Crippen molar-refractivity contribution in [3.8, 4) is 11.8 Å². The maximum Gasteiger partial charge on any atom is 0.340 e. The Morgan fingerprint density at radius 2 is 2.33 bits per heavy atom. The predicted molar refractivity (Wildman–Crippen MR) is 56.5 cm³/mol. The van der Waals surface area contributed by atoms with E-state index in [4.69, 9.17) is 10.00 Å². The van der Waals surface area contributed by atoms with Gasteiger partial charge in [0, 0.05) is 4.47 Å². The first-order chi connectivity index (χ1) is 7.10. The highest BCUT2D eigenvalue weighted by molar-refractivity contribution is 9.10. The van der Waals surface area contributed by atoms with Crippen molar-refractivity contribution in [1.82, 2.24) is 0 Å². The van der Waals surface area contributed by atoms with E-state index in [2.05, 4.69) is 15.9 Å². The van der Waals surface area contributed by atoms with Crippen LogP contribution < -0.4 is 0 Å². The van der Waals surface area contributed by atoms with Crippen LogP contribution in [0.15, 0.2) is 16.6 Å². The fourth-order valence-corrected chi connectivity index (χ4v) is 1.70. The predicted octanol–water partition coefficient (Wildman–Crippen LogP) is 2.20. The van der Waals surface area contributed by atoms with E-state index < -0.39 is 5.97 Å². The number of nitriles is 1. The lowest BCUT2D eigenvalue weighted by Crippen LogP contribution is -2.07. The molecule has 0 atom stereocenters. The summed E-state index contributed by atoms with van der Waals surface area (Å²) in [6.07, 6.45) is 0. The highest BCUT2D eigenvalue weighted by atomic mass is 79.9. The van der Waals surface area contributed by atoms with Crippen molar-refractivity contribution in [3.05, 3.63) is 27.7 Å². The molecule has 0 bridgehead atoms. The van der Waals surface area contributed by atoms with Crippen LogP contribution in [0.4, 0.5) is 0 Å². The number of carbonyl (C=O) groups is 1. The Bertz CT molecular complexity index is 437. The zero-order valence-corrected chi connectivity index (χ0v) is 9.54. The van der Waals surface area contributed by atoms with Gasteiger partial charge >= 0.3 is 5.97 Å². The molecule has 1 rings (SSSR count). The quantitative estimate of drug-likeness (QED) is 0.836. The first-order valence-electron chi connectivity index (χ1n) is 4.19. The summed E-state index contributed by atoms with van der Waals surface area (Å²) >= 11 is 3.10. The van der Waals surface area contributed by atoms with Crippen LogP contribution in [0, 0.1) is 11.3 Å². The molecule has 4 nitrogen and oxygen atoms in total. The van der Waals surface area contributed by atoms with E-state index in [-0.39, 0.29) is 23.5 Å². The van der Waals surface area contributed by atoms with E-state index in [0.717, 1.165) is 0 Å². The number of phenolic OH excluding ortho intramolecular Hbond substituents is 1. The molecule has 0 aromatic heterocycles. The van der Waals surface area contributed by atoms with Crippen molar-refractivity contribution in [2.24, 2.45) is 0 Å². The lowest BCUT2D eigenvalue weighted by atomic mass is 10.1. The third-order valence-electron chi connectivity index (χ3n) is 1.68. The van der Waals surface area contributed by atoms with Gasteiger partial charge in [-0.3, -0.25) is 0 Å². The summed E-state index contributed by atoms with van der Waals surface area (Å²) in [4.78, 5) is 11.5. The van der Waals surface area contributed by atoms with Gasteiger partial charge in [-0.2, -0.15) is 5.26 Å². The minimum atomic E-state index is -0.582. The number of rotatable bonds is 2. The molecule has 0 aliphatic carbocycles. The first-order valence-corrected chi connectivity index (χ1v) is 4.99. The van der Waals surface area contributed by atoms with Crippen molar-refractivity contribution in [2.75, 3.05) is 6.61 Å². The molecule has 0 aliphatic heterocycles. The van der Waals surface area contributed by atoms with Crippen LogP contribution in [-0.4, -0.2) is 17.7 Å². The van der Waals surface area contributed by atoms with Crippen LogP contribution in [0.1, 0.15) is 22.8 Å². The van der Waals surface area contributed by atoms with Gasteiger partial charge in [-0.05, 0) is 35.0 Å². The Hall–Kier alpha value is -1.54. The zero-order valence-electron chi connectivity index (χ0n) is 7.95. The molecule has 78 valence electrons. The molecular formula is C10H8BrNO3. The van der Waals surface area contributed by atoms with Gasteiger partial charge < -0.3 is 9.84 Å². The molecule has 0 heterocycles. The molecule has 15 heavy (non-hydrogen) atoms. The third-order valence-corrected chi connectivity index (χ3v) is 2.30. The van der Waals surface area contributed by atoms with Gasteiger partial charge in [0.2, 0.25) is 0 Å². The Balaban J connectivity index is 3.28. The van der Waals surface area contributed by atoms with E-state index in [9.17, 15) is 9.90 Å². The molecule has 0 amide bonds. The van der Waals surface area contributed by atoms with Crippen molar-refractivity contribution in [1.29, 1.82) is 5.26 Å². The van der Waals surface area contributed by atoms with Gasteiger partial charge in [0.25, 0.3) is 0 Å². The average molecular weight is 270 g/mol. The SMILES string of the molecule is CCOC(=O)c1c(Br)cc(O)cc1C#N. The summed E-state index contributed by atoms with van der Waals surface area (Å²) < 4.78 is 5.13. The number of esters is 1. The lowest BCUT2D eigenvalue weighted by molar-refractivity contribution is 0.0525. The summed E-state index contributed by atoms with van der Waals surface area (Å²) in [6.45, 7) is 1.91. The number of phenols is 1. The molecule has 0 saturated carbocycles. The summed E-state index contributed by atoms with van der Waals surface area (Å²) in [5.41, 5.74) is 0.220. The second-order valence-electron chi connectivity index (χ2n) is 2.68. The summed E-state index contributed by atoms with van der Waals surface area (Å²) in [7, 11) is 0. The molecule has 0 unspecified atom stereocenters. The number of hydrogen-bond donors (Lipinski definition) is 1. The number of nitrogens with zero attached hydrogens (tertiary/aromatic N) is 1. The minimum absolute atomic E-state index is 0.0773. The monoisotopic (exact) mass is 269 g/mol. The van der Waals surface area contributed by atoms with Gasteiger partial charge in [-0.15, -0.1) is 0 Å². The molecule has 1 aromatic rings. The van der Waals surface area contributed by atoms with Gasteiger partial charge in [-0.1, -0.05) is 0 Å². The number of hydrogen-bond acceptors (Lipinski definition) is 4. The Morgan fingerprint density at radius 1 is 1.67 bits per heavy atom. The second-order valence-corrected chi connectivity index (χ2v) is 3.54. The number of benzene rings is 1. The number of halogens is 1. The van der Waals surface area contributed by atoms with Crippen LogP contribution >= 0.6 is 15.9 Å². The summed E-state index contributed by atoms with van der Waals surface area (Å²) in [5.74, 6) is -0.660. The third kappa shape index (κ3) is 2.48. The Morgan fingerprint density at radius 3 is 2.87 bits per heavy atom. The maximum absolute atomic E-state index is 11.5. The standard InChI is InChI=1S/C10H8BrNO3/c1-2-15-10(14)9-6(5-12)3-7(13)4-8(9)11/h3-4,13H,2H2,1H3. The van der Waals surface area contributed by atoms with Crippen LogP contribution in [0.5, 0.6) is 5.75 Å². The molecule has 0 radical (unpaired) electrons. The molecule has 5 heteroatoms. The smallest absolute Gasteiger partial charge is 0.340 e. The normalized spacial score (nSPS) is 9.40. The van der Waals surface area contributed by atoms with Crippen LogP contribution in [0.3, 0.4) is 0 Å². The average Bonchev–Trinajstić information content (AvgIpc) is 2.16. The zero-order chi connectivity index (χ0) is 11.4. The summed E-state index contributed by atoms with van der Waals surface area (Å²) in [6, 6.07) is 4.39. The maximum atomic E-state index is 11.5. The molecule has 0 aliphatic rings.